The van der Waals surface area contributed by atoms with Gasteiger partial charge in [-0.3, -0.25) is 4.79 Å². The molecule has 0 aromatic heterocycles. The molecule has 2 unspecified atom stereocenters. The lowest BCUT2D eigenvalue weighted by Gasteiger charge is -2.33. The van der Waals surface area contributed by atoms with Crippen molar-refractivity contribution in [2.45, 2.75) is 31.8 Å². The zero-order valence-corrected chi connectivity index (χ0v) is 14.0. The van der Waals surface area contributed by atoms with E-state index in [-0.39, 0.29) is 12.5 Å². The summed E-state index contributed by atoms with van der Waals surface area (Å²) in [5.41, 5.74) is 5.21. The maximum Gasteiger partial charge on any atom is 0.217 e. The lowest BCUT2D eigenvalue weighted by Crippen LogP contribution is -2.42. The van der Waals surface area contributed by atoms with Crippen molar-refractivity contribution in [1.29, 1.82) is 0 Å². The van der Waals surface area contributed by atoms with Crippen LogP contribution in [0.1, 0.15) is 25.7 Å². The SMILES string of the molecule is NC(=O)CCC1CCCN(CC(O)COc2ccc(Cl)cc2)C1. The Kier molecular flexibility index (Phi) is 7.15. The minimum atomic E-state index is -0.541. The van der Waals surface area contributed by atoms with Gasteiger partial charge < -0.3 is 20.5 Å². The summed E-state index contributed by atoms with van der Waals surface area (Å²) in [6.07, 6.45) is 2.96. The van der Waals surface area contributed by atoms with Gasteiger partial charge in [-0.2, -0.15) is 0 Å². The Balaban J connectivity index is 1.70. The van der Waals surface area contributed by atoms with Crippen LogP contribution in [-0.2, 0) is 4.79 Å². The predicted molar refractivity (Wildman–Crippen MR) is 90.5 cm³/mol. The van der Waals surface area contributed by atoms with Crippen molar-refractivity contribution in [3.8, 4) is 5.75 Å². The molecule has 0 aliphatic carbocycles. The summed E-state index contributed by atoms with van der Waals surface area (Å²) in [6.45, 7) is 2.72. The number of primary amides is 1. The highest BCUT2D eigenvalue weighted by atomic mass is 35.5. The maximum atomic E-state index is 10.9. The number of ether oxygens (including phenoxy) is 1. The van der Waals surface area contributed by atoms with E-state index in [1.54, 1.807) is 24.3 Å². The van der Waals surface area contributed by atoms with Crippen LogP contribution in [0, 0.1) is 5.92 Å². The van der Waals surface area contributed by atoms with Gasteiger partial charge in [-0.25, -0.2) is 0 Å². The number of β-amino-alcohol motifs (C(OH)–C–C–N with tert-alkyl or cyclic N) is 1. The Morgan fingerprint density at radius 1 is 1.43 bits per heavy atom. The van der Waals surface area contributed by atoms with Crippen molar-refractivity contribution in [2.75, 3.05) is 26.2 Å². The average molecular weight is 341 g/mol. The van der Waals surface area contributed by atoms with Gasteiger partial charge in [0.25, 0.3) is 0 Å². The smallest absolute Gasteiger partial charge is 0.217 e. The second-order valence-electron chi connectivity index (χ2n) is 6.19. The highest BCUT2D eigenvalue weighted by Gasteiger charge is 2.22. The van der Waals surface area contributed by atoms with E-state index >= 15 is 0 Å². The van der Waals surface area contributed by atoms with Gasteiger partial charge in [0.15, 0.2) is 0 Å². The molecular formula is C17H25ClN2O3. The normalized spacial score (nSPS) is 20.2. The molecule has 5 nitrogen and oxygen atoms in total. The van der Waals surface area contributed by atoms with Crippen LogP contribution in [0.4, 0.5) is 0 Å². The minimum Gasteiger partial charge on any atom is -0.491 e. The predicted octanol–water partition coefficient (Wildman–Crippen LogP) is 2.06. The van der Waals surface area contributed by atoms with Gasteiger partial charge >= 0.3 is 0 Å². The Morgan fingerprint density at radius 2 is 2.17 bits per heavy atom. The quantitative estimate of drug-likeness (QED) is 0.759. The van der Waals surface area contributed by atoms with Gasteiger partial charge in [-0.1, -0.05) is 11.6 Å². The molecule has 1 amide bonds. The van der Waals surface area contributed by atoms with Crippen molar-refractivity contribution in [3.63, 3.8) is 0 Å². The monoisotopic (exact) mass is 340 g/mol. The fraction of sp³-hybridized carbons (Fsp3) is 0.588. The van der Waals surface area contributed by atoms with Crippen molar-refractivity contribution in [2.24, 2.45) is 11.7 Å². The zero-order valence-electron chi connectivity index (χ0n) is 13.3. The van der Waals surface area contributed by atoms with Crippen LogP contribution in [0.2, 0.25) is 5.02 Å². The van der Waals surface area contributed by atoms with E-state index in [2.05, 4.69) is 4.90 Å². The summed E-state index contributed by atoms with van der Waals surface area (Å²) in [7, 11) is 0. The number of rotatable bonds is 8. The summed E-state index contributed by atoms with van der Waals surface area (Å²) in [4.78, 5) is 13.1. The first-order chi connectivity index (χ1) is 11.0. The summed E-state index contributed by atoms with van der Waals surface area (Å²) in [5, 5.41) is 10.8. The van der Waals surface area contributed by atoms with Crippen LogP contribution in [0.25, 0.3) is 0 Å². The first kappa shape index (κ1) is 18.0. The number of aliphatic hydroxyl groups excluding tert-OH is 1. The number of nitrogens with two attached hydrogens (primary N) is 1. The number of aliphatic hydroxyl groups is 1. The second kappa shape index (κ2) is 9.11. The van der Waals surface area contributed by atoms with Gasteiger partial charge in [-0.05, 0) is 56.0 Å². The third-order valence-corrected chi connectivity index (χ3v) is 4.38. The van der Waals surface area contributed by atoms with E-state index in [1.807, 2.05) is 0 Å². The number of nitrogens with zero attached hydrogens (tertiary/aromatic N) is 1. The molecule has 1 aromatic rings. The number of amides is 1. The Labute approximate surface area is 142 Å². The van der Waals surface area contributed by atoms with E-state index in [4.69, 9.17) is 22.1 Å². The van der Waals surface area contributed by atoms with E-state index in [0.717, 1.165) is 32.4 Å². The van der Waals surface area contributed by atoms with E-state index in [0.29, 0.717) is 29.7 Å². The molecular weight excluding hydrogens is 316 g/mol. The van der Waals surface area contributed by atoms with E-state index < -0.39 is 6.10 Å². The molecule has 0 radical (unpaired) electrons. The maximum absolute atomic E-state index is 10.9. The molecule has 1 fully saturated rings. The summed E-state index contributed by atoms with van der Waals surface area (Å²) >= 11 is 5.82. The fourth-order valence-electron chi connectivity index (χ4n) is 2.97. The van der Waals surface area contributed by atoms with Crippen LogP contribution in [0.3, 0.4) is 0 Å². The number of hydrogen-bond donors (Lipinski definition) is 2. The number of likely N-dealkylation sites (tertiary alicyclic amines) is 1. The lowest BCUT2D eigenvalue weighted by molar-refractivity contribution is -0.118. The molecule has 23 heavy (non-hydrogen) atoms. The second-order valence-corrected chi connectivity index (χ2v) is 6.63. The molecule has 0 saturated carbocycles. The Hall–Kier alpha value is -1.30. The molecule has 0 spiro atoms. The molecule has 6 heteroatoms. The summed E-state index contributed by atoms with van der Waals surface area (Å²) in [5.74, 6) is 0.950. The molecule has 0 bridgehead atoms. The first-order valence-electron chi connectivity index (χ1n) is 8.10. The van der Waals surface area contributed by atoms with E-state index in [1.165, 1.54) is 0 Å². The Bertz CT molecular complexity index is 495. The molecule has 1 aromatic carbocycles. The lowest BCUT2D eigenvalue weighted by atomic mass is 9.93. The molecule has 1 saturated heterocycles. The van der Waals surface area contributed by atoms with Crippen LogP contribution in [-0.4, -0.2) is 48.3 Å². The largest absolute Gasteiger partial charge is 0.491 e. The average Bonchev–Trinajstić information content (AvgIpc) is 2.53. The molecule has 3 N–H and O–H groups in total. The number of piperidine rings is 1. The van der Waals surface area contributed by atoms with Gasteiger partial charge in [-0.15, -0.1) is 0 Å². The zero-order chi connectivity index (χ0) is 16.7. The number of hydrogen-bond acceptors (Lipinski definition) is 4. The molecule has 1 heterocycles. The number of halogens is 1. The van der Waals surface area contributed by atoms with Gasteiger partial charge in [0.1, 0.15) is 18.5 Å². The minimum absolute atomic E-state index is 0.237. The molecule has 128 valence electrons. The van der Waals surface area contributed by atoms with Gasteiger partial charge in [0, 0.05) is 24.5 Å². The number of benzene rings is 1. The number of carbonyl (C=O) groups excluding carboxylic acids is 1. The third kappa shape index (κ3) is 6.77. The van der Waals surface area contributed by atoms with Crippen molar-refractivity contribution in [3.05, 3.63) is 29.3 Å². The van der Waals surface area contributed by atoms with E-state index in [9.17, 15) is 9.90 Å². The number of carbonyl (C=O) groups is 1. The fourth-order valence-corrected chi connectivity index (χ4v) is 3.10. The molecule has 2 rings (SSSR count). The van der Waals surface area contributed by atoms with Crippen LogP contribution in [0.15, 0.2) is 24.3 Å². The van der Waals surface area contributed by atoms with Crippen LogP contribution >= 0.6 is 11.6 Å². The molecule has 2 atom stereocenters. The first-order valence-corrected chi connectivity index (χ1v) is 8.48. The van der Waals surface area contributed by atoms with Crippen molar-refractivity contribution < 1.29 is 14.6 Å². The third-order valence-electron chi connectivity index (χ3n) is 4.13. The standard InChI is InChI=1S/C17H25ClN2O3/c18-14-4-6-16(7-5-14)23-12-15(21)11-20-9-1-2-13(10-20)3-8-17(19)22/h4-7,13,15,21H,1-3,8-12H2,(H2,19,22). The highest BCUT2D eigenvalue weighted by molar-refractivity contribution is 6.30. The highest BCUT2D eigenvalue weighted by Crippen LogP contribution is 2.21. The van der Waals surface area contributed by atoms with Crippen LogP contribution in [0.5, 0.6) is 5.75 Å². The molecule has 1 aliphatic heterocycles. The van der Waals surface area contributed by atoms with Crippen molar-refractivity contribution >= 4 is 17.5 Å². The van der Waals surface area contributed by atoms with Gasteiger partial charge in [0.05, 0.1) is 0 Å². The van der Waals surface area contributed by atoms with Gasteiger partial charge in [0.2, 0.25) is 5.91 Å². The summed E-state index contributed by atoms with van der Waals surface area (Å²) in [6, 6.07) is 7.10. The topological polar surface area (TPSA) is 75.8 Å². The van der Waals surface area contributed by atoms with Crippen molar-refractivity contribution in [1.82, 2.24) is 4.90 Å². The molecule has 1 aliphatic rings. The Morgan fingerprint density at radius 3 is 2.87 bits per heavy atom. The summed E-state index contributed by atoms with van der Waals surface area (Å²) < 4.78 is 5.57. The van der Waals surface area contributed by atoms with Crippen LogP contribution < -0.4 is 10.5 Å².